The second kappa shape index (κ2) is 9.25. The zero-order chi connectivity index (χ0) is 16.9. The van der Waals surface area contributed by atoms with Gasteiger partial charge in [0.15, 0.2) is 0 Å². The van der Waals surface area contributed by atoms with Gasteiger partial charge in [0.1, 0.15) is 5.75 Å². The van der Waals surface area contributed by atoms with Crippen LogP contribution in [0.4, 0.5) is 17.6 Å². The molecule has 1 aliphatic heterocycles. The Balaban J connectivity index is 0.00000288. The Labute approximate surface area is 145 Å². The Bertz CT molecular complexity index is 525. The Morgan fingerprint density at radius 3 is 2.54 bits per heavy atom. The number of ether oxygens (including phenoxy) is 1. The van der Waals surface area contributed by atoms with Crippen molar-refractivity contribution in [2.75, 3.05) is 26.2 Å². The Kier molecular flexibility index (Phi) is 7.99. The van der Waals surface area contributed by atoms with Crippen molar-refractivity contribution in [1.29, 1.82) is 0 Å². The monoisotopic (exact) mass is 368 g/mol. The molecule has 0 amide bonds. The molecule has 1 atom stereocenters. The van der Waals surface area contributed by atoms with E-state index in [9.17, 15) is 17.6 Å². The molecule has 1 fully saturated rings. The van der Waals surface area contributed by atoms with Crippen molar-refractivity contribution < 1.29 is 22.3 Å². The maximum Gasteiger partial charge on any atom is 0.461 e. The lowest BCUT2D eigenvalue weighted by molar-refractivity contribution is -0.253. The molecule has 0 aromatic heterocycles. The van der Waals surface area contributed by atoms with Crippen LogP contribution in [0.3, 0.4) is 0 Å². The van der Waals surface area contributed by atoms with E-state index < -0.39 is 12.5 Å². The summed E-state index contributed by atoms with van der Waals surface area (Å²) in [6.07, 6.45) is -5.98. The lowest BCUT2D eigenvalue weighted by Gasteiger charge is -2.35. The van der Waals surface area contributed by atoms with Gasteiger partial charge in [0.25, 0.3) is 0 Å². The second-order valence-corrected chi connectivity index (χ2v) is 5.36. The van der Waals surface area contributed by atoms with E-state index in [2.05, 4.69) is 21.5 Å². The molecule has 0 bridgehead atoms. The van der Waals surface area contributed by atoms with Crippen molar-refractivity contribution in [3.05, 3.63) is 42.5 Å². The number of piperazine rings is 1. The molecule has 1 saturated heterocycles. The predicted molar refractivity (Wildman–Crippen MR) is 87.3 cm³/mol. The van der Waals surface area contributed by atoms with Crippen molar-refractivity contribution >= 4 is 12.4 Å². The van der Waals surface area contributed by atoms with Crippen LogP contribution in [0.15, 0.2) is 36.9 Å². The summed E-state index contributed by atoms with van der Waals surface area (Å²) in [6.45, 7) is 7.05. The summed E-state index contributed by atoms with van der Waals surface area (Å²) in [6, 6.07) is 5.92. The molecule has 1 aliphatic rings. The Morgan fingerprint density at radius 2 is 1.96 bits per heavy atom. The summed E-state index contributed by atoms with van der Waals surface area (Å²) >= 11 is 0. The minimum absolute atomic E-state index is 0. The fourth-order valence-corrected chi connectivity index (χ4v) is 2.63. The second-order valence-electron chi connectivity index (χ2n) is 5.36. The first-order valence-electron chi connectivity index (χ1n) is 7.44. The maximum atomic E-state index is 13.1. The fraction of sp³-hybridized carbons (Fsp3) is 0.500. The smallest absolute Gasteiger partial charge is 0.428 e. The lowest BCUT2D eigenvalue weighted by Crippen LogP contribution is -2.45. The molecule has 1 heterocycles. The van der Waals surface area contributed by atoms with E-state index in [1.54, 1.807) is 12.1 Å². The van der Waals surface area contributed by atoms with Gasteiger partial charge in [-0.1, -0.05) is 18.2 Å². The van der Waals surface area contributed by atoms with E-state index in [-0.39, 0.29) is 24.2 Å². The number of hydrogen-bond acceptors (Lipinski definition) is 3. The summed E-state index contributed by atoms with van der Waals surface area (Å²) in [5.41, 5.74) is 0.745. The van der Waals surface area contributed by atoms with Crippen LogP contribution in [0, 0.1) is 0 Å². The van der Waals surface area contributed by atoms with Crippen LogP contribution < -0.4 is 10.1 Å². The van der Waals surface area contributed by atoms with Crippen molar-refractivity contribution in [2.45, 2.75) is 25.0 Å². The molecule has 3 nitrogen and oxygen atoms in total. The molecule has 0 aliphatic carbocycles. The quantitative estimate of drug-likeness (QED) is 0.584. The molecule has 136 valence electrons. The highest BCUT2D eigenvalue weighted by atomic mass is 35.5. The highest BCUT2D eigenvalue weighted by molar-refractivity contribution is 5.85. The van der Waals surface area contributed by atoms with Crippen LogP contribution in [0.5, 0.6) is 5.75 Å². The van der Waals surface area contributed by atoms with E-state index in [0.29, 0.717) is 6.42 Å². The number of benzene rings is 1. The van der Waals surface area contributed by atoms with Crippen LogP contribution in [0.2, 0.25) is 0 Å². The van der Waals surface area contributed by atoms with E-state index in [1.807, 2.05) is 0 Å². The van der Waals surface area contributed by atoms with Gasteiger partial charge in [-0.3, -0.25) is 4.90 Å². The van der Waals surface area contributed by atoms with Crippen molar-refractivity contribution in [3.8, 4) is 5.75 Å². The average Bonchev–Trinajstić information content (AvgIpc) is 2.53. The molecule has 24 heavy (non-hydrogen) atoms. The molecule has 0 spiro atoms. The molecule has 0 saturated carbocycles. The van der Waals surface area contributed by atoms with E-state index in [4.69, 9.17) is 0 Å². The molecule has 0 radical (unpaired) electrons. The summed E-state index contributed by atoms with van der Waals surface area (Å²) in [7, 11) is 0. The van der Waals surface area contributed by atoms with E-state index in [0.717, 1.165) is 31.7 Å². The first-order valence-corrected chi connectivity index (χ1v) is 7.44. The van der Waals surface area contributed by atoms with E-state index >= 15 is 0 Å². The third-order valence-corrected chi connectivity index (χ3v) is 3.73. The standard InChI is InChI=1S/C16H20F4N2O.ClH/c1-2-4-14(22-9-7-21-8-10-22)12-5-3-6-13(11-12)23-16(19,20)15(17)18;/h2-3,5-6,11,14-15,21H,1,4,7-10H2;1H/t14-;/m1./s1. The third-order valence-electron chi connectivity index (χ3n) is 3.73. The van der Waals surface area contributed by atoms with Crippen molar-refractivity contribution in [2.24, 2.45) is 0 Å². The summed E-state index contributed by atoms with van der Waals surface area (Å²) < 4.78 is 54.8. The molecule has 1 aromatic carbocycles. The summed E-state index contributed by atoms with van der Waals surface area (Å²) in [5, 5.41) is 3.24. The number of alkyl halides is 4. The molecule has 0 unspecified atom stereocenters. The highest BCUT2D eigenvalue weighted by Gasteiger charge is 2.44. The minimum Gasteiger partial charge on any atom is -0.428 e. The number of nitrogens with zero attached hydrogens (tertiary/aromatic N) is 1. The highest BCUT2D eigenvalue weighted by Crippen LogP contribution is 2.31. The number of rotatable bonds is 7. The molecule has 2 rings (SSSR count). The van der Waals surface area contributed by atoms with Crippen molar-refractivity contribution in [1.82, 2.24) is 10.2 Å². The lowest BCUT2D eigenvalue weighted by atomic mass is 10.0. The Morgan fingerprint density at radius 1 is 1.29 bits per heavy atom. The molecular formula is C16H21ClF4N2O. The maximum absolute atomic E-state index is 13.1. The summed E-state index contributed by atoms with van der Waals surface area (Å²) in [4.78, 5) is 2.21. The first kappa shape index (κ1) is 20.7. The van der Waals surface area contributed by atoms with Gasteiger partial charge in [-0.15, -0.1) is 19.0 Å². The van der Waals surface area contributed by atoms with Gasteiger partial charge in [-0.25, -0.2) is 0 Å². The van der Waals surface area contributed by atoms with E-state index in [1.165, 1.54) is 18.2 Å². The van der Waals surface area contributed by atoms with Crippen LogP contribution in [-0.2, 0) is 0 Å². The molecule has 8 heteroatoms. The van der Waals surface area contributed by atoms with Gasteiger partial charge in [-0.05, 0) is 24.1 Å². The molecular weight excluding hydrogens is 348 g/mol. The largest absolute Gasteiger partial charge is 0.461 e. The predicted octanol–water partition coefficient (Wildman–Crippen LogP) is 3.87. The number of halogens is 5. The SMILES string of the molecule is C=CC[C@H](c1cccc(OC(F)(F)C(F)F)c1)N1CCNCC1.Cl. The van der Waals surface area contributed by atoms with Gasteiger partial charge < -0.3 is 10.1 Å². The number of nitrogens with one attached hydrogen (secondary N) is 1. The first-order chi connectivity index (χ1) is 10.9. The van der Waals surface area contributed by atoms with Gasteiger partial charge >= 0.3 is 12.5 Å². The summed E-state index contributed by atoms with van der Waals surface area (Å²) in [5.74, 6) is -0.267. The van der Waals surface area contributed by atoms with Crippen LogP contribution >= 0.6 is 12.4 Å². The molecule has 1 aromatic rings. The van der Waals surface area contributed by atoms with Gasteiger partial charge in [0.05, 0.1) is 0 Å². The number of hydrogen-bond donors (Lipinski definition) is 1. The van der Waals surface area contributed by atoms with Gasteiger partial charge in [0, 0.05) is 32.2 Å². The fourth-order valence-electron chi connectivity index (χ4n) is 2.63. The van der Waals surface area contributed by atoms with Gasteiger partial charge in [0.2, 0.25) is 0 Å². The zero-order valence-corrected chi connectivity index (χ0v) is 13.9. The third kappa shape index (κ3) is 5.36. The topological polar surface area (TPSA) is 24.5 Å². The van der Waals surface area contributed by atoms with Gasteiger partial charge in [-0.2, -0.15) is 17.6 Å². The van der Waals surface area contributed by atoms with Crippen LogP contribution in [0.1, 0.15) is 18.0 Å². The van der Waals surface area contributed by atoms with Crippen LogP contribution in [-0.4, -0.2) is 43.6 Å². The van der Waals surface area contributed by atoms with Crippen molar-refractivity contribution in [3.63, 3.8) is 0 Å². The average molecular weight is 369 g/mol. The molecule has 1 N–H and O–H groups in total. The minimum atomic E-state index is -4.50. The van der Waals surface area contributed by atoms with Crippen LogP contribution in [0.25, 0.3) is 0 Å². The normalized spacial score (nSPS) is 17.2. The Hall–Kier alpha value is -1.31. The zero-order valence-electron chi connectivity index (χ0n) is 13.1.